The van der Waals surface area contributed by atoms with Gasteiger partial charge in [-0.25, -0.2) is 17.9 Å². The second kappa shape index (κ2) is 9.64. The number of rotatable bonds is 6. The van der Waals surface area contributed by atoms with Crippen molar-refractivity contribution in [3.63, 3.8) is 0 Å². The smallest absolute Gasteiger partial charge is 0.308 e. The molecule has 1 aliphatic heterocycles. The largest absolute Gasteiger partial charge is 0.332 e. The summed E-state index contributed by atoms with van der Waals surface area (Å²) in [5.41, 5.74) is 5.90. The third-order valence-corrected chi connectivity index (χ3v) is 7.82. The summed E-state index contributed by atoms with van der Waals surface area (Å²) < 4.78 is 27.4. The standard InChI is InChI=1S/C20H30N4O3S.K/c1-23(2)9-10-24-12-16(13-24)28(26,27)22-20(25)21-19-17-7-3-5-14(17)11-15-6-4-8-18(15)19;/h11,16H,3-10,12-13H2,1-2H3,(H2,21,22,25);. The maximum atomic E-state index is 12.6. The number of fused-ring (bicyclic) bond motifs is 2. The van der Waals surface area contributed by atoms with Gasteiger partial charge in [-0.3, -0.25) is 4.90 Å². The van der Waals surface area contributed by atoms with E-state index in [4.69, 9.17) is 0 Å². The molecule has 0 bridgehead atoms. The first-order valence-corrected chi connectivity index (χ1v) is 11.7. The predicted octanol–water partition coefficient (Wildman–Crippen LogP) is 0.980. The number of anilines is 1. The second-order valence-corrected chi connectivity index (χ2v) is 10.5. The number of nitrogens with zero attached hydrogens (tertiary/aromatic N) is 2. The molecule has 2 amide bonds. The third kappa shape index (κ3) is 5.26. The van der Waals surface area contributed by atoms with Crippen LogP contribution in [0.3, 0.4) is 0 Å². The van der Waals surface area contributed by atoms with E-state index in [9.17, 15) is 13.2 Å². The Labute approximate surface area is 216 Å². The Bertz CT molecular complexity index is 850. The molecule has 0 unspecified atom stereocenters. The third-order valence-electron chi connectivity index (χ3n) is 6.17. The molecule has 29 heavy (non-hydrogen) atoms. The van der Waals surface area contributed by atoms with Crippen LogP contribution in [0.25, 0.3) is 0 Å². The molecule has 4 rings (SSSR count). The van der Waals surface area contributed by atoms with Crippen LogP contribution in [0.1, 0.15) is 35.1 Å². The fraction of sp³-hybridized carbons (Fsp3) is 0.650. The number of likely N-dealkylation sites (tertiary alicyclic amines) is 1. The van der Waals surface area contributed by atoms with Crippen molar-refractivity contribution in [3.8, 4) is 0 Å². The zero-order valence-corrected chi connectivity index (χ0v) is 21.7. The summed E-state index contributed by atoms with van der Waals surface area (Å²) in [7, 11) is 0.334. The van der Waals surface area contributed by atoms with Gasteiger partial charge >= 0.3 is 6.03 Å². The van der Waals surface area contributed by atoms with E-state index in [1.165, 1.54) is 22.3 Å². The molecule has 0 spiro atoms. The number of amides is 2. The summed E-state index contributed by atoms with van der Waals surface area (Å²) in [6.45, 7) is 2.69. The monoisotopic (exact) mass is 445 g/mol. The van der Waals surface area contributed by atoms with E-state index in [0.29, 0.717) is 13.1 Å². The number of aryl methyl sites for hydroxylation is 2. The average Bonchev–Trinajstić information content (AvgIpc) is 3.20. The molecule has 0 saturated carbocycles. The molecule has 2 N–H and O–H groups in total. The number of nitrogens with one attached hydrogen (secondary N) is 2. The van der Waals surface area contributed by atoms with Crippen molar-refractivity contribution in [1.29, 1.82) is 0 Å². The summed E-state index contributed by atoms with van der Waals surface area (Å²) in [4.78, 5) is 16.7. The van der Waals surface area contributed by atoms with Crippen molar-refractivity contribution >= 4 is 73.1 Å². The number of urea groups is 1. The van der Waals surface area contributed by atoms with Crippen LogP contribution in [0.2, 0.25) is 0 Å². The Morgan fingerprint density at radius 3 is 2.24 bits per heavy atom. The number of carbonyl (C=O) groups is 1. The molecule has 1 radical (unpaired) electrons. The van der Waals surface area contributed by atoms with E-state index < -0.39 is 21.3 Å². The van der Waals surface area contributed by atoms with Crippen LogP contribution in [0.4, 0.5) is 10.5 Å². The molecule has 1 saturated heterocycles. The van der Waals surface area contributed by atoms with E-state index in [0.717, 1.165) is 57.3 Å². The molecule has 7 nitrogen and oxygen atoms in total. The van der Waals surface area contributed by atoms with Crippen molar-refractivity contribution in [2.45, 2.75) is 43.8 Å². The minimum absolute atomic E-state index is 0. The van der Waals surface area contributed by atoms with Gasteiger partial charge in [0.1, 0.15) is 5.25 Å². The van der Waals surface area contributed by atoms with Gasteiger partial charge in [0, 0.05) is 83.3 Å². The molecule has 9 heteroatoms. The Morgan fingerprint density at radius 2 is 1.69 bits per heavy atom. The van der Waals surface area contributed by atoms with Crippen LogP contribution in [-0.4, -0.2) is 121 Å². The summed E-state index contributed by atoms with van der Waals surface area (Å²) in [6.07, 6.45) is 6.18. The van der Waals surface area contributed by atoms with Gasteiger partial charge in [-0.1, -0.05) is 6.07 Å². The first-order valence-electron chi connectivity index (χ1n) is 10.2. The first-order chi connectivity index (χ1) is 13.3. The quantitative estimate of drug-likeness (QED) is 0.638. The SMILES string of the molecule is CN(C)CCN1CC(S(=O)(=O)NC(=O)Nc2c3c(cc4c2CCC4)CCC3)C1.[K]. The van der Waals surface area contributed by atoms with Crippen LogP contribution in [0.15, 0.2) is 6.07 Å². The summed E-state index contributed by atoms with van der Waals surface area (Å²) >= 11 is 0. The Kier molecular flexibility index (Phi) is 7.87. The van der Waals surface area contributed by atoms with Crippen LogP contribution in [0, 0.1) is 0 Å². The number of sulfonamides is 1. The van der Waals surface area contributed by atoms with Crippen molar-refractivity contribution in [2.75, 3.05) is 45.6 Å². The number of benzene rings is 1. The molecule has 0 atom stereocenters. The van der Waals surface area contributed by atoms with Crippen molar-refractivity contribution in [3.05, 3.63) is 28.3 Å². The normalized spacial score (nSPS) is 18.7. The molecule has 155 valence electrons. The molecule has 1 aromatic carbocycles. The van der Waals surface area contributed by atoms with Gasteiger partial charge in [0.25, 0.3) is 0 Å². The van der Waals surface area contributed by atoms with E-state index in [2.05, 4.69) is 25.9 Å². The Morgan fingerprint density at radius 1 is 1.10 bits per heavy atom. The fourth-order valence-electron chi connectivity index (χ4n) is 4.56. The predicted molar refractivity (Wildman–Crippen MR) is 116 cm³/mol. The van der Waals surface area contributed by atoms with Gasteiger partial charge < -0.3 is 10.2 Å². The van der Waals surface area contributed by atoms with Crippen molar-refractivity contribution in [1.82, 2.24) is 14.5 Å². The molecule has 1 aromatic rings. The Hall–Kier alpha value is -0.00364. The summed E-state index contributed by atoms with van der Waals surface area (Å²) in [5.74, 6) is 0. The molecule has 1 heterocycles. The van der Waals surface area contributed by atoms with E-state index in [1.807, 2.05) is 14.1 Å². The van der Waals surface area contributed by atoms with Crippen LogP contribution >= 0.6 is 0 Å². The molecule has 2 aliphatic carbocycles. The maximum absolute atomic E-state index is 12.6. The van der Waals surface area contributed by atoms with Gasteiger partial charge in [-0.05, 0) is 74.9 Å². The minimum Gasteiger partial charge on any atom is -0.308 e. The molecule has 3 aliphatic rings. The number of carbonyl (C=O) groups excluding carboxylic acids is 1. The topological polar surface area (TPSA) is 81.8 Å². The van der Waals surface area contributed by atoms with E-state index >= 15 is 0 Å². The maximum Gasteiger partial charge on any atom is 0.332 e. The summed E-state index contributed by atoms with van der Waals surface area (Å²) in [5, 5.41) is 2.38. The van der Waals surface area contributed by atoms with E-state index in [-0.39, 0.29) is 51.4 Å². The van der Waals surface area contributed by atoms with Crippen LogP contribution in [-0.2, 0) is 35.7 Å². The first kappa shape index (κ1) is 23.7. The van der Waals surface area contributed by atoms with Crippen LogP contribution in [0.5, 0.6) is 0 Å². The molecular formula is C20H30KN4O3S. The number of hydrogen-bond acceptors (Lipinski definition) is 5. The molecular weight excluding hydrogens is 415 g/mol. The van der Waals surface area contributed by atoms with Gasteiger partial charge in [0.15, 0.2) is 0 Å². The number of likely N-dealkylation sites (N-methyl/N-ethyl adjacent to an activating group) is 1. The van der Waals surface area contributed by atoms with Gasteiger partial charge in [0.05, 0.1) is 0 Å². The molecule has 0 aromatic heterocycles. The van der Waals surface area contributed by atoms with Crippen molar-refractivity contribution < 1.29 is 13.2 Å². The van der Waals surface area contributed by atoms with E-state index in [1.54, 1.807) is 0 Å². The molecule has 1 fully saturated rings. The fourth-order valence-corrected chi connectivity index (χ4v) is 5.85. The zero-order valence-electron chi connectivity index (χ0n) is 17.8. The Balaban J connectivity index is 0.00000240. The summed E-state index contributed by atoms with van der Waals surface area (Å²) in [6, 6.07) is 1.67. The minimum atomic E-state index is -3.66. The number of hydrogen-bond donors (Lipinski definition) is 2. The zero-order chi connectivity index (χ0) is 19.9. The van der Waals surface area contributed by atoms with Crippen molar-refractivity contribution in [2.24, 2.45) is 0 Å². The average molecular weight is 446 g/mol. The van der Waals surface area contributed by atoms with Gasteiger partial charge in [0.2, 0.25) is 10.0 Å². The van der Waals surface area contributed by atoms with Crippen LogP contribution < -0.4 is 10.0 Å². The van der Waals surface area contributed by atoms with Gasteiger partial charge in [-0.15, -0.1) is 0 Å². The van der Waals surface area contributed by atoms with Gasteiger partial charge in [-0.2, -0.15) is 0 Å². The second-order valence-electron chi connectivity index (χ2n) is 8.52.